The highest BCUT2D eigenvalue weighted by Crippen LogP contribution is 2.27. The summed E-state index contributed by atoms with van der Waals surface area (Å²) < 4.78 is 25.2. The van der Waals surface area contributed by atoms with E-state index in [0.29, 0.717) is 30.9 Å². The number of nitrogens with zero attached hydrogens (tertiary/aromatic N) is 4. The van der Waals surface area contributed by atoms with E-state index in [1.54, 1.807) is 17.7 Å². The smallest absolute Gasteiger partial charge is 0.243 e. The quantitative estimate of drug-likeness (QED) is 0.733. The number of hydrazone groups is 1. The molecular formula is C21H25N5O4S. The van der Waals surface area contributed by atoms with Crippen molar-refractivity contribution in [3.63, 3.8) is 0 Å². The largest absolute Gasteiger partial charge is 0.311 e. The average Bonchev–Trinajstić information content (AvgIpc) is 3.45. The molecule has 1 N–H and O–H groups in total. The lowest BCUT2D eigenvalue weighted by molar-refractivity contribution is -0.132. The molecule has 31 heavy (non-hydrogen) atoms. The van der Waals surface area contributed by atoms with Crippen LogP contribution in [0.1, 0.15) is 43.0 Å². The minimum atomic E-state index is -3.07. The molecule has 4 rings (SSSR count). The van der Waals surface area contributed by atoms with E-state index < -0.39 is 9.84 Å². The standard InChI is InChI=1S/C21H25N5O4S/c1-15-13-19(26(23-15)17-10-12-31(29,30)14-17)22-20(27)7-8-21(28)25-11-9-18(24-25)16-5-3-2-4-6-16/h2-6,13,17H,7-12,14H2,1H3,(H,22,27). The van der Waals surface area contributed by atoms with Crippen LogP contribution < -0.4 is 5.32 Å². The molecule has 0 aliphatic carbocycles. The Morgan fingerprint density at radius 3 is 2.68 bits per heavy atom. The highest BCUT2D eigenvalue weighted by molar-refractivity contribution is 7.91. The number of sulfone groups is 1. The molecule has 0 saturated carbocycles. The van der Waals surface area contributed by atoms with Crippen molar-refractivity contribution in [2.75, 3.05) is 23.4 Å². The fourth-order valence-corrected chi connectivity index (χ4v) is 5.57. The van der Waals surface area contributed by atoms with Crippen LogP contribution in [0.2, 0.25) is 0 Å². The van der Waals surface area contributed by atoms with E-state index in [1.165, 1.54) is 5.01 Å². The highest BCUT2D eigenvalue weighted by Gasteiger charge is 2.31. The lowest BCUT2D eigenvalue weighted by atomic mass is 10.1. The van der Waals surface area contributed by atoms with Gasteiger partial charge in [0.1, 0.15) is 5.82 Å². The van der Waals surface area contributed by atoms with Gasteiger partial charge in [-0.25, -0.2) is 18.1 Å². The number of hydrogen-bond donors (Lipinski definition) is 1. The van der Waals surface area contributed by atoms with Gasteiger partial charge in [-0.15, -0.1) is 0 Å². The fourth-order valence-electron chi connectivity index (χ4n) is 3.88. The Bertz CT molecular complexity index is 1120. The topological polar surface area (TPSA) is 114 Å². The molecule has 2 aliphatic heterocycles. The number of carbonyl (C=O) groups is 2. The molecule has 1 aromatic carbocycles. The summed E-state index contributed by atoms with van der Waals surface area (Å²) in [4.78, 5) is 24.9. The van der Waals surface area contributed by atoms with Crippen LogP contribution in [0.3, 0.4) is 0 Å². The van der Waals surface area contributed by atoms with Gasteiger partial charge in [-0.3, -0.25) is 9.59 Å². The third-order valence-corrected chi connectivity index (χ3v) is 7.19. The molecular weight excluding hydrogens is 418 g/mol. The minimum Gasteiger partial charge on any atom is -0.311 e. The van der Waals surface area contributed by atoms with Crippen molar-refractivity contribution in [2.45, 2.75) is 38.6 Å². The van der Waals surface area contributed by atoms with Gasteiger partial charge in [0.25, 0.3) is 0 Å². The van der Waals surface area contributed by atoms with E-state index in [2.05, 4.69) is 15.5 Å². The fraction of sp³-hybridized carbons (Fsp3) is 0.429. The summed E-state index contributed by atoms with van der Waals surface area (Å²) in [5.41, 5.74) is 2.55. The lowest BCUT2D eigenvalue weighted by Crippen LogP contribution is -2.25. The maximum atomic E-state index is 12.5. The number of benzene rings is 1. The first kappa shape index (κ1) is 21.2. The molecule has 9 nitrogen and oxygen atoms in total. The second-order valence-electron chi connectivity index (χ2n) is 7.90. The summed E-state index contributed by atoms with van der Waals surface area (Å²) in [6.45, 7) is 2.29. The van der Waals surface area contributed by atoms with Crippen molar-refractivity contribution in [1.29, 1.82) is 0 Å². The van der Waals surface area contributed by atoms with Gasteiger partial charge in [0.2, 0.25) is 11.8 Å². The molecule has 0 bridgehead atoms. The molecule has 2 aliphatic rings. The first-order valence-corrected chi connectivity index (χ1v) is 12.1. The van der Waals surface area contributed by atoms with Crippen LogP contribution in [-0.4, -0.2) is 58.8 Å². The molecule has 1 fully saturated rings. The van der Waals surface area contributed by atoms with E-state index in [4.69, 9.17) is 0 Å². The van der Waals surface area contributed by atoms with Crippen LogP contribution in [0.5, 0.6) is 0 Å². The second kappa shape index (κ2) is 8.62. The molecule has 1 unspecified atom stereocenters. The van der Waals surface area contributed by atoms with Crippen molar-refractivity contribution in [2.24, 2.45) is 5.10 Å². The molecule has 3 heterocycles. The van der Waals surface area contributed by atoms with Crippen molar-refractivity contribution >= 4 is 33.2 Å². The minimum absolute atomic E-state index is 0.0126. The number of hydrogen-bond acceptors (Lipinski definition) is 6. The Morgan fingerprint density at radius 1 is 1.19 bits per heavy atom. The van der Waals surface area contributed by atoms with Crippen LogP contribution in [0.4, 0.5) is 5.82 Å². The van der Waals surface area contributed by atoms with Gasteiger partial charge in [0.15, 0.2) is 9.84 Å². The predicted octanol–water partition coefficient (Wildman–Crippen LogP) is 1.91. The molecule has 1 saturated heterocycles. The number of aromatic nitrogens is 2. The van der Waals surface area contributed by atoms with Crippen LogP contribution in [0.25, 0.3) is 0 Å². The number of aryl methyl sites for hydroxylation is 1. The van der Waals surface area contributed by atoms with Gasteiger partial charge in [0, 0.05) is 25.3 Å². The summed E-state index contributed by atoms with van der Waals surface area (Å²) in [7, 11) is -3.07. The van der Waals surface area contributed by atoms with E-state index in [9.17, 15) is 18.0 Å². The van der Waals surface area contributed by atoms with Gasteiger partial charge in [-0.2, -0.15) is 10.2 Å². The normalized spacial score (nSPS) is 20.0. The maximum Gasteiger partial charge on any atom is 0.243 e. The van der Waals surface area contributed by atoms with Crippen molar-refractivity contribution in [3.8, 4) is 0 Å². The summed E-state index contributed by atoms with van der Waals surface area (Å²) in [5.74, 6) is 0.0866. The van der Waals surface area contributed by atoms with Crippen molar-refractivity contribution < 1.29 is 18.0 Å². The monoisotopic (exact) mass is 443 g/mol. The lowest BCUT2D eigenvalue weighted by Gasteiger charge is -2.14. The van der Waals surface area contributed by atoms with Gasteiger partial charge < -0.3 is 5.32 Å². The zero-order valence-corrected chi connectivity index (χ0v) is 18.1. The Labute approximate surface area is 181 Å². The molecule has 0 spiro atoms. The van der Waals surface area contributed by atoms with E-state index in [0.717, 1.165) is 11.3 Å². The van der Waals surface area contributed by atoms with Gasteiger partial charge in [0.05, 0.1) is 35.5 Å². The third kappa shape index (κ3) is 5.01. The summed E-state index contributed by atoms with van der Waals surface area (Å²) in [6.07, 6.45) is 1.22. The van der Waals surface area contributed by atoms with E-state index >= 15 is 0 Å². The average molecular weight is 444 g/mol. The summed E-state index contributed by atoms with van der Waals surface area (Å²) in [5, 5.41) is 13.0. The zero-order valence-electron chi connectivity index (χ0n) is 17.3. The number of carbonyl (C=O) groups excluding carboxylic acids is 2. The molecule has 0 radical (unpaired) electrons. The third-order valence-electron chi connectivity index (χ3n) is 5.44. The number of anilines is 1. The highest BCUT2D eigenvalue weighted by atomic mass is 32.2. The molecule has 1 atom stereocenters. The molecule has 2 amide bonds. The Kier molecular flexibility index (Phi) is 5.90. The van der Waals surface area contributed by atoms with Gasteiger partial charge in [-0.05, 0) is 18.9 Å². The van der Waals surface area contributed by atoms with Crippen LogP contribution in [0.15, 0.2) is 41.5 Å². The first-order chi connectivity index (χ1) is 14.8. The summed E-state index contributed by atoms with van der Waals surface area (Å²) >= 11 is 0. The number of amides is 2. The number of nitrogens with one attached hydrogen (secondary N) is 1. The van der Waals surface area contributed by atoms with Crippen LogP contribution in [0, 0.1) is 6.92 Å². The van der Waals surface area contributed by atoms with Crippen molar-refractivity contribution in [1.82, 2.24) is 14.8 Å². The summed E-state index contributed by atoms with van der Waals surface area (Å²) in [6, 6.07) is 11.1. The molecule has 10 heteroatoms. The molecule has 164 valence electrons. The van der Waals surface area contributed by atoms with Crippen LogP contribution >= 0.6 is 0 Å². The Balaban J connectivity index is 1.33. The number of rotatable bonds is 6. The Hall–Kier alpha value is -3.01. The Morgan fingerprint density at radius 2 is 1.97 bits per heavy atom. The van der Waals surface area contributed by atoms with E-state index in [1.807, 2.05) is 30.3 Å². The zero-order chi connectivity index (χ0) is 22.0. The van der Waals surface area contributed by atoms with Gasteiger partial charge in [-0.1, -0.05) is 30.3 Å². The molecule has 1 aromatic heterocycles. The van der Waals surface area contributed by atoms with Crippen LogP contribution in [-0.2, 0) is 19.4 Å². The van der Waals surface area contributed by atoms with Gasteiger partial charge >= 0.3 is 0 Å². The SMILES string of the molecule is Cc1cc(NC(=O)CCC(=O)N2CCC(c3ccccc3)=N2)n(C2CCS(=O)(=O)C2)n1. The maximum absolute atomic E-state index is 12.5. The molecule has 2 aromatic rings. The predicted molar refractivity (Wildman–Crippen MR) is 116 cm³/mol. The van der Waals surface area contributed by atoms with E-state index in [-0.39, 0.29) is 42.2 Å². The second-order valence-corrected chi connectivity index (χ2v) is 10.1. The first-order valence-electron chi connectivity index (χ1n) is 10.3. The van der Waals surface area contributed by atoms with Crippen molar-refractivity contribution in [3.05, 3.63) is 47.7 Å².